The number of rotatable bonds is 3. The van der Waals surface area contributed by atoms with Crippen molar-refractivity contribution in [1.82, 2.24) is 9.97 Å². The Labute approximate surface area is 163 Å². The van der Waals surface area contributed by atoms with Gasteiger partial charge in [-0.1, -0.05) is 23.7 Å². The number of anilines is 2. The van der Waals surface area contributed by atoms with Crippen molar-refractivity contribution >= 4 is 39.9 Å². The molecule has 0 aliphatic carbocycles. The SMILES string of the molecule is O=C(Nc1ccc(F)cc1F)Nc1c(-c2ccncc2)[nH]c2c(Cl)cccc12. The summed E-state index contributed by atoms with van der Waals surface area (Å²) in [5.74, 6) is -1.60. The first kappa shape index (κ1) is 17.9. The lowest BCUT2D eigenvalue weighted by Gasteiger charge is -2.10. The van der Waals surface area contributed by atoms with E-state index in [4.69, 9.17) is 11.6 Å². The van der Waals surface area contributed by atoms with Gasteiger partial charge in [0.15, 0.2) is 0 Å². The highest BCUT2D eigenvalue weighted by Crippen LogP contribution is 2.37. The monoisotopic (exact) mass is 398 g/mol. The van der Waals surface area contributed by atoms with E-state index in [1.807, 2.05) is 0 Å². The van der Waals surface area contributed by atoms with Gasteiger partial charge in [-0.2, -0.15) is 0 Å². The molecule has 0 fully saturated rings. The molecule has 0 atom stereocenters. The molecule has 0 aliphatic heterocycles. The molecule has 28 heavy (non-hydrogen) atoms. The summed E-state index contributed by atoms with van der Waals surface area (Å²) in [6, 6.07) is 11.1. The maximum absolute atomic E-state index is 13.8. The van der Waals surface area contributed by atoms with Crippen LogP contribution in [-0.4, -0.2) is 16.0 Å². The van der Waals surface area contributed by atoms with Gasteiger partial charge in [0.1, 0.15) is 11.6 Å². The second-order valence-electron chi connectivity index (χ2n) is 5.98. The third-order valence-electron chi connectivity index (χ3n) is 4.17. The second-order valence-corrected chi connectivity index (χ2v) is 6.38. The van der Waals surface area contributed by atoms with Gasteiger partial charge in [-0.25, -0.2) is 13.6 Å². The molecule has 2 amide bonds. The highest BCUT2D eigenvalue weighted by atomic mass is 35.5. The number of hydrogen-bond donors (Lipinski definition) is 3. The van der Waals surface area contributed by atoms with Crippen LogP contribution in [0.3, 0.4) is 0 Å². The third kappa shape index (κ3) is 3.39. The van der Waals surface area contributed by atoms with Crippen LogP contribution in [0.25, 0.3) is 22.2 Å². The predicted octanol–water partition coefficient (Wildman–Crippen LogP) is 5.81. The minimum absolute atomic E-state index is 0.137. The normalized spacial score (nSPS) is 10.8. The van der Waals surface area contributed by atoms with E-state index in [1.165, 1.54) is 0 Å². The van der Waals surface area contributed by atoms with Crippen molar-refractivity contribution in [3.8, 4) is 11.3 Å². The van der Waals surface area contributed by atoms with Crippen LogP contribution in [0.1, 0.15) is 0 Å². The first-order chi connectivity index (χ1) is 13.5. The van der Waals surface area contributed by atoms with Gasteiger partial charge in [0.2, 0.25) is 0 Å². The minimum atomic E-state index is -0.869. The highest BCUT2D eigenvalue weighted by molar-refractivity contribution is 6.36. The fraction of sp³-hybridized carbons (Fsp3) is 0. The van der Waals surface area contributed by atoms with Gasteiger partial charge in [-0.3, -0.25) is 4.98 Å². The van der Waals surface area contributed by atoms with Crippen molar-refractivity contribution in [1.29, 1.82) is 0 Å². The number of nitrogens with one attached hydrogen (secondary N) is 3. The Morgan fingerprint density at radius 1 is 1.04 bits per heavy atom. The number of fused-ring (bicyclic) bond motifs is 1. The number of aromatic nitrogens is 2. The van der Waals surface area contributed by atoms with Gasteiger partial charge in [0.25, 0.3) is 0 Å². The fourth-order valence-corrected chi connectivity index (χ4v) is 3.13. The molecule has 0 unspecified atom stereocenters. The summed E-state index contributed by atoms with van der Waals surface area (Å²) in [6.07, 6.45) is 3.25. The van der Waals surface area contributed by atoms with Crippen LogP contribution >= 0.6 is 11.6 Å². The molecular formula is C20H13ClF2N4O. The molecule has 4 rings (SSSR count). The average molecular weight is 399 g/mol. The van der Waals surface area contributed by atoms with Crippen LogP contribution in [0.2, 0.25) is 5.02 Å². The number of urea groups is 1. The summed E-state index contributed by atoms with van der Waals surface area (Å²) >= 11 is 6.27. The Bertz CT molecular complexity index is 1180. The van der Waals surface area contributed by atoms with Gasteiger partial charge in [-0.15, -0.1) is 0 Å². The summed E-state index contributed by atoms with van der Waals surface area (Å²) in [5, 5.41) is 6.29. The van der Waals surface area contributed by atoms with Crippen molar-refractivity contribution < 1.29 is 13.6 Å². The fourth-order valence-electron chi connectivity index (χ4n) is 2.90. The number of carbonyl (C=O) groups excluding carboxylic acids is 1. The Morgan fingerprint density at radius 2 is 1.82 bits per heavy atom. The molecule has 140 valence electrons. The quantitative estimate of drug-likeness (QED) is 0.408. The van der Waals surface area contributed by atoms with Gasteiger partial charge < -0.3 is 15.6 Å². The molecule has 3 N–H and O–H groups in total. The summed E-state index contributed by atoms with van der Waals surface area (Å²) < 4.78 is 26.9. The van der Waals surface area contributed by atoms with Gasteiger partial charge in [0.05, 0.1) is 27.6 Å². The maximum Gasteiger partial charge on any atom is 0.323 e. The predicted molar refractivity (Wildman–Crippen MR) is 106 cm³/mol. The summed E-state index contributed by atoms with van der Waals surface area (Å²) in [6.45, 7) is 0. The van der Waals surface area contributed by atoms with Crippen molar-refractivity contribution in [2.45, 2.75) is 0 Å². The average Bonchev–Trinajstić information content (AvgIpc) is 3.05. The third-order valence-corrected chi connectivity index (χ3v) is 4.48. The number of nitrogens with zero attached hydrogens (tertiary/aromatic N) is 1. The molecule has 0 radical (unpaired) electrons. The molecule has 0 aliphatic rings. The van der Waals surface area contributed by atoms with Gasteiger partial charge >= 0.3 is 6.03 Å². The number of amides is 2. The van der Waals surface area contributed by atoms with Crippen molar-refractivity contribution in [2.24, 2.45) is 0 Å². The molecule has 4 aromatic rings. The number of benzene rings is 2. The van der Waals surface area contributed by atoms with Crippen LogP contribution < -0.4 is 10.6 Å². The lowest BCUT2D eigenvalue weighted by molar-refractivity contribution is 0.262. The van der Waals surface area contributed by atoms with E-state index in [0.29, 0.717) is 33.4 Å². The van der Waals surface area contributed by atoms with Crippen LogP contribution in [0.4, 0.5) is 25.0 Å². The largest absolute Gasteiger partial charge is 0.352 e. The molecule has 0 spiro atoms. The van der Waals surface area contributed by atoms with E-state index < -0.39 is 17.7 Å². The number of carbonyl (C=O) groups is 1. The lowest BCUT2D eigenvalue weighted by Crippen LogP contribution is -2.20. The molecule has 2 heterocycles. The molecule has 5 nitrogen and oxygen atoms in total. The Balaban J connectivity index is 1.73. The summed E-state index contributed by atoms with van der Waals surface area (Å²) in [7, 11) is 0. The number of hydrogen-bond acceptors (Lipinski definition) is 2. The van der Waals surface area contributed by atoms with Crippen LogP contribution in [0, 0.1) is 11.6 Å². The molecule has 2 aromatic heterocycles. The Morgan fingerprint density at radius 3 is 2.57 bits per heavy atom. The van der Waals surface area contributed by atoms with Gasteiger partial charge in [0, 0.05) is 29.4 Å². The van der Waals surface area contributed by atoms with Crippen LogP contribution in [0.5, 0.6) is 0 Å². The van der Waals surface area contributed by atoms with Crippen molar-refractivity contribution in [3.63, 3.8) is 0 Å². The Hall–Kier alpha value is -3.45. The summed E-state index contributed by atoms with van der Waals surface area (Å²) in [4.78, 5) is 19.7. The molecule has 0 saturated heterocycles. The number of pyridine rings is 1. The van der Waals surface area contributed by atoms with Crippen molar-refractivity contribution in [3.05, 3.63) is 77.6 Å². The van der Waals surface area contributed by atoms with E-state index in [1.54, 1.807) is 42.7 Å². The number of para-hydroxylation sites is 1. The van der Waals surface area contributed by atoms with Crippen LogP contribution in [-0.2, 0) is 0 Å². The standard InChI is InChI=1S/C20H13ClF2N4O/c21-14-3-1-2-13-18(14)26-17(11-6-8-24-9-7-11)19(13)27-20(28)25-16-5-4-12(22)10-15(16)23/h1-10,26H,(H2,25,27,28). The number of H-pyrrole nitrogens is 1. The molecular weight excluding hydrogens is 386 g/mol. The van der Waals surface area contributed by atoms with E-state index in [0.717, 1.165) is 17.7 Å². The maximum atomic E-state index is 13.8. The lowest BCUT2D eigenvalue weighted by atomic mass is 10.1. The molecule has 0 saturated carbocycles. The molecule has 2 aromatic carbocycles. The van der Waals surface area contributed by atoms with Crippen molar-refractivity contribution in [2.75, 3.05) is 10.6 Å². The molecule has 8 heteroatoms. The van der Waals surface area contributed by atoms with E-state index in [-0.39, 0.29) is 5.69 Å². The van der Waals surface area contributed by atoms with Crippen LogP contribution in [0.15, 0.2) is 60.9 Å². The molecule has 0 bridgehead atoms. The first-order valence-electron chi connectivity index (χ1n) is 8.26. The topological polar surface area (TPSA) is 69.8 Å². The van der Waals surface area contributed by atoms with E-state index in [9.17, 15) is 13.6 Å². The van der Waals surface area contributed by atoms with Gasteiger partial charge in [-0.05, 0) is 30.3 Å². The Kier molecular flexibility index (Phi) is 4.67. The second kappa shape index (κ2) is 7.28. The minimum Gasteiger partial charge on any atom is -0.352 e. The van der Waals surface area contributed by atoms with E-state index in [2.05, 4.69) is 20.6 Å². The zero-order valence-electron chi connectivity index (χ0n) is 14.3. The summed E-state index contributed by atoms with van der Waals surface area (Å²) in [5.41, 5.74) is 2.40. The van der Waals surface area contributed by atoms with E-state index >= 15 is 0 Å². The number of aromatic amines is 1. The zero-order valence-corrected chi connectivity index (χ0v) is 15.0. The number of halogens is 3. The first-order valence-corrected chi connectivity index (χ1v) is 8.64. The smallest absolute Gasteiger partial charge is 0.323 e. The zero-order chi connectivity index (χ0) is 19.7. The highest BCUT2D eigenvalue weighted by Gasteiger charge is 2.18.